The number of piperidine rings is 1. The number of aryl methyl sites for hydroxylation is 1. The fraction of sp³-hybridized carbons (Fsp3) is 0.308. The number of rotatable bonds is 5. The molecule has 6 nitrogen and oxygen atoms in total. The van der Waals surface area contributed by atoms with Crippen molar-refractivity contribution in [2.24, 2.45) is 0 Å². The number of amides is 1. The first-order valence-electron chi connectivity index (χ1n) is 11.0. The standard InChI is InChI=1S/C26H27N3O3/c1-17-25(26(30)28-21-8-11-29(2)12-9-21)23-14-22(5-6-24(23)32-17)31-16-18-3-4-20-15-27-10-7-19(20)13-18/h3-7,10,13-15,21H,8-9,11-12,16H2,1-2H3,(H,28,30). The van der Waals surface area contributed by atoms with Gasteiger partial charge < -0.3 is 19.4 Å². The Hall–Kier alpha value is -3.38. The van der Waals surface area contributed by atoms with Crippen LogP contribution in [0.2, 0.25) is 0 Å². The van der Waals surface area contributed by atoms with E-state index in [0.29, 0.717) is 29.3 Å². The van der Waals surface area contributed by atoms with Crippen LogP contribution in [-0.4, -0.2) is 42.0 Å². The molecule has 0 spiro atoms. The van der Waals surface area contributed by atoms with E-state index in [1.54, 1.807) is 6.20 Å². The van der Waals surface area contributed by atoms with E-state index in [2.05, 4.69) is 34.4 Å². The van der Waals surface area contributed by atoms with Crippen LogP contribution in [0.15, 0.2) is 59.3 Å². The van der Waals surface area contributed by atoms with Crippen LogP contribution in [0.5, 0.6) is 5.75 Å². The topological polar surface area (TPSA) is 67.6 Å². The van der Waals surface area contributed by atoms with Gasteiger partial charge in [0, 0.05) is 29.2 Å². The molecule has 0 aliphatic carbocycles. The number of fused-ring (bicyclic) bond motifs is 2. The summed E-state index contributed by atoms with van der Waals surface area (Å²) in [5.41, 5.74) is 2.37. The van der Waals surface area contributed by atoms with Crippen molar-refractivity contribution in [3.63, 3.8) is 0 Å². The molecule has 3 heterocycles. The van der Waals surface area contributed by atoms with Crippen molar-refractivity contribution in [3.05, 3.63) is 71.7 Å². The van der Waals surface area contributed by atoms with Crippen molar-refractivity contribution in [1.82, 2.24) is 15.2 Å². The van der Waals surface area contributed by atoms with Gasteiger partial charge in [-0.15, -0.1) is 0 Å². The fourth-order valence-electron chi connectivity index (χ4n) is 4.37. The zero-order valence-electron chi connectivity index (χ0n) is 18.4. The molecule has 1 saturated heterocycles. The molecule has 32 heavy (non-hydrogen) atoms. The second-order valence-electron chi connectivity index (χ2n) is 8.59. The van der Waals surface area contributed by atoms with Crippen LogP contribution in [-0.2, 0) is 6.61 Å². The summed E-state index contributed by atoms with van der Waals surface area (Å²) in [6.07, 6.45) is 5.58. The number of benzene rings is 2. The van der Waals surface area contributed by atoms with Crippen molar-refractivity contribution in [1.29, 1.82) is 0 Å². The molecule has 1 N–H and O–H groups in total. The minimum absolute atomic E-state index is 0.0731. The van der Waals surface area contributed by atoms with Crippen LogP contribution < -0.4 is 10.1 Å². The zero-order chi connectivity index (χ0) is 22.1. The summed E-state index contributed by atoms with van der Waals surface area (Å²) >= 11 is 0. The first-order chi connectivity index (χ1) is 15.6. The molecule has 0 bridgehead atoms. The van der Waals surface area contributed by atoms with Gasteiger partial charge in [0.2, 0.25) is 0 Å². The molecule has 1 aliphatic rings. The van der Waals surface area contributed by atoms with Gasteiger partial charge in [0.25, 0.3) is 5.91 Å². The van der Waals surface area contributed by atoms with Gasteiger partial charge in [0.15, 0.2) is 0 Å². The van der Waals surface area contributed by atoms with Gasteiger partial charge in [-0.2, -0.15) is 0 Å². The van der Waals surface area contributed by atoms with E-state index >= 15 is 0 Å². The van der Waals surface area contributed by atoms with E-state index in [1.165, 1.54) is 0 Å². The highest BCUT2D eigenvalue weighted by Gasteiger charge is 2.23. The summed E-state index contributed by atoms with van der Waals surface area (Å²) in [6.45, 7) is 4.28. The third-order valence-corrected chi connectivity index (χ3v) is 6.23. The normalized spacial score (nSPS) is 15.3. The maximum atomic E-state index is 13.1. The molecule has 0 unspecified atom stereocenters. The van der Waals surface area contributed by atoms with Crippen molar-refractivity contribution < 1.29 is 13.9 Å². The van der Waals surface area contributed by atoms with E-state index in [0.717, 1.165) is 47.7 Å². The number of nitrogens with zero attached hydrogens (tertiary/aromatic N) is 2. The molecule has 6 heteroatoms. The van der Waals surface area contributed by atoms with Crippen LogP contribution in [0.3, 0.4) is 0 Å². The van der Waals surface area contributed by atoms with Crippen LogP contribution >= 0.6 is 0 Å². The predicted molar refractivity (Wildman–Crippen MR) is 125 cm³/mol. The van der Waals surface area contributed by atoms with Crippen LogP contribution in [0.25, 0.3) is 21.7 Å². The summed E-state index contributed by atoms with van der Waals surface area (Å²) < 4.78 is 11.9. The van der Waals surface area contributed by atoms with Crippen molar-refractivity contribution in [3.8, 4) is 5.75 Å². The fourth-order valence-corrected chi connectivity index (χ4v) is 4.37. The molecule has 2 aromatic carbocycles. The van der Waals surface area contributed by atoms with Crippen LogP contribution in [0.4, 0.5) is 0 Å². The zero-order valence-corrected chi connectivity index (χ0v) is 18.4. The third kappa shape index (κ3) is 4.18. The molecule has 0 saturated carbocycles. The minimum atomic E-state index is -0.0731. The van der Waals surface area contributed by atoms with Crippen molar-refractivity contribution >= 4 is 27.6 Å². The average Bonchev–Trinajstić information content (AvgIpc) is 3.14. The first-order valence-corrected chi connectivity index (χ1v) is 11.0. The number of hydrogen-bond donors (Lipinski definition) is 1. The highest BCUT2D eigenvalue weighted by atomic mass is 16.5. The maximum absolute atomic E-state index is 13.1. The number of ether oxygens (including phenoxy) is 1. The Morgan fingerprint density at radius 3 is 2.84 bits per heavy atom. The number of carbonyl (C=O) groups excluding carboxylic acids is 1. The monoisotopic (exact) mass is 429 g/mol. The minimum Gasteiger partial charge on any atom is -0.489 e. The summed E-state index contributed by atoms with van der Waals surface area (Å²) in [5.74, 6) is 1.27. The second kappa shape index (κ2) is 8.63. The lowest BCUT2D eigenvalue weighted by molar-refractivity contribution is 0.0917. The van der Waals surface area contributed by atoms with Crippen molar-refractivity contribution in [2.45, 2.75) is 32.4 Å². The van der Waals surface area contributed by atoms with Crippen molar-refractivity contribution in [2.75, 3.05) is 20.1 Å². The van der Waals surface area contributed by atoms with Gasteiger partial charge in [-0.3, -0.25) is 9.78 Å². The molecule has 1 aliphatic heterocycles. The highest BCUT2D eigenvalue weighted by molar-refractivity contribution is 6.07. The van der Waals surface area contributed by atoms with Crippen LogP contribution in [0, 0.1) is 6.92 Å². The van der Waals surface area contributed by atoms with E-state index < -0.39 is 0 Å². The summed E-state index contributed by atoms with van der Waals surface area (Å²) in [4.78, 5) is 19.5. The second-order valence-corrected chi connectivity index (χ2v) is 8.59. The van der Waals surface area contributed by atoms with Crippen LogP contribution in [0.1, 0.15) is 34.5 Å². The smallest absolute Gasteiger partial charge is 0.255 e. The lowest BCUT2D eigenvalue weighted by Crippen LogP contribution is -2.43. The number of likely N-dealkylation sites (tertiary alicyclic amines) is 1. The molecule has 1 amide bonds. The Bertz CT molecular complexity index is 1270. The molecule has 0 atom stereocenters. The summed E-state index contributed by atoms with van der Waals surface area (Å²) in [5, 5.41) is 6.22. The number of hydrogen-bond acceptors (Lipinski definition) is 5. The van der Waals surface area contributed by atoms with Gasteiger partial charge in [-0.1, -0.05) is 12.1 Å². The summed E-state index contributed by atoms with van der Waals surface area (Å²) in [6, 6.07) is 14.1. The molecular formula is C26H27N3O3. The highest BCUT2D eigenvalue weighted by Crippen LogP contribution is 2.30. The van der Waals surface area contributed by atoms with Gasteiger partial charge >= 0.3 is 0 Å². The maximum Gasteiger partial charge on any atom is 0.255 e. The van der Waals surface area contributed by atoms with Gasteiger partial charge in [0.05, 0.1) is 5.56 Å². The molecule has 0 radical (unpaired) electrons. The summed E-state index contributed by atoms with van der Waals surface area (Å²) in [7, 11) is 2.11. The van der Waals surface area contributed by atoms with E-state index in [1.807, 2.05) is 43.5 Å². The van der Waals surface area contributed by atoms with E-state index in [-0.39, 0.29) is 11.9 Å². The predicted octanol–water partition coefficient (Wildman–Crippen LogP) is 4.69. The third-order valence-electron chi connectivity index (χ3n) is 6.23. The number of furan rings is 1. The number of nitrogens with one attached hydrogen (secondary N) is 1. The Morgan fingerprint density at radius 2 is 2.00 bits per heavy atom. The largest absolute Gasteiger partial charge is 0.489 e. The molecule has 5 rings (SSSR count). The average molecular weight is 430 g/mol. The van der Waals surface area contributed by atoms with E-state index in [9.17, 15) is 4.79 Å². The van der Waals surface area contributed by atoms with Gasteiger partial charge in [-0.25, -0.2) is 0 Å². The molecular weight excluding hydrogens is 402 g/mol. The lowest BCUT2D eigenvalue weighted by atomic mass is 10.0. The molecule has 4 aromatic rings. The quantitative estimate of drug-likeness (QED) is 0.498. The lowest BCUT2D eigenvalue weighted by Gasteiger charge is -2.29. The Kier molecular flexibility index (Phi) is 5.53. The number of carbonyl (C=O) groups is 1. The number of aromatic nitrogens is 1. The SMILES string of the molecule is Cc1oc2ccc(OCc3ccc4cnccc4c3)cc2c1C(=O)NC1CCN(C)CC1. The Morgan fingerprint density at radius 1 is 1.16 bits per heavy atom. The van der Waals surface area contributed by atoms with E-state index in [4.69, 9.17) is 9.15 Å². The Balaban J connectivity index is 1.34. The number of pyridine rings is 1. The molecule has 2 aromatic heterocycles. The molecule has 1 fully saturated rings. The first kappa shape index (κ1) is 20.5. The molecule has 164 valence electrons. The van der Waals surface area contributed by atoms with Gasteiger partial charge in [-0.05, 0) is 81.2 Å². The Labute approximate surface area is 187 Å². The van der Waals surface area contributed by atoms with Gasteiger partial charge in [0.1, 0.15) is 23.7 Å².